The van der Waals surface area contributed by atoms with Crippen molar-refractivity contribution >= 4 is 5.97 Å². The molecule has 1 unspecified atom stereocenters. The first kappa shape index (κ1) is 25.1. The van der Waals surface area contributed by atoms with E-state index in [1.165, 1.54) is 58.3 Å². The molecule has 0 fully saturated rings. The van der Waals surface area contributed by atoms with Crippen molar-refractivity contribution in [2.24, 2.45) is 0 Å². The first-order valence-corrected chi connectivity index (χ1v) is 10.4. The Hall–Kier alpha value is -0.910. The van der Waals surface area contributed by atoms with Crippen molar-refractivity contribution < 1.29 is 24.9 Å². The molecule has 154 valence electrons. The Labute approximate surface area is 159 Å². The Morgan fingerprint density at radius 1 is 0.846 bits per heavy atom. The zero-order chi connectivity index (χ0) is 19.7. The molecule has 0 amide bonds. The average Bonchev–Trinajstić information content (AvgIpc) is 2.57. The van der Waals surface area contributed by atoms with Gasteiger partial charge in [-0.3, -0.25) is 4.79 Å². The minimum absolute atomic E-state index is 0.235. The van der Waals surface area contributed by atoms with Crippen molar-refractivity contribution in [2.45, 2.75) is 116 Å². The van der Waals surface area contributed by atoms with Gasteiger partial charge in [0.25, 0.3) is 0 Å². The van der Waals surface area contributed by atoms with E-state index in [0.717, 1.165) is 25.7 Å². The van der Waals surface area contributed by atoms with E-state index in [1.807, 2.05) is 0 Å². The van der Waals surface area contributed by atoms with Crippen LogP contribution in [0.4, 0.5) is 0 Å². The van der Waals surface area contributed by atoms with Crippen LogP contribution in [0.5, 0.6) is 0 Å². The summed E-state index contributed by atoms with van der Waals surface area (Å²) in [5.74, 6) is -3.49. The third-order valence-corrected chi connectivity index (χ3v) is 4.50. The summed E-state index contributed by atoms with van der Waals surface area (Å²) in [5, 5.41) is 26.6. The number of ether oxygens (including phenoxy) is 1. The molecule has 0 aromatic heterocycles. The lowest BCUT2D eigenvalue weighted by Crippen LogP contribution is -2.42. The highest BCUT2D eigenvalue weighted by atomic mass is 16.7. The predicted octanol–water partition coefficient (Wildman–Crippen LogP) is 4.59. The SMILES string of the molecule is CCCCCCCC/C=C\CCCCCCCC(=O)OC(C)C(O)(O)O. The molecule has 0 aromatic rings. The second-order valence-electron chi connectivity index (χ2n) is 7.15. The van der Waals surface area contributed by atoms with E-state index < -0.39 is 18.0 Å². The van der Waals surface area contributed by atoms with Crippen molar-refractivity contribution in [1.29, 1.82) is 0 Å². The summed E-state index contributed by atoms with van der Waals surface area (Å²) >= 11 is 0. The van der Waals surface area contributed by atoms with Crippen LogP contribution in [0.25, 0.3) is 0 Å². The van der Waals surface area contributed by atoms with Gasteiger partial charge in [0.2, 0.25) is 0 Å². The molecule has 0 rings (SSSR count). The summed E-state index contributed by atoms with van der Waals surface area (Å²) in [6.45, 7) is 3.48. The molecule has 5 heteroatoms. The zero-order valence-electron chi connectivity index (χ0n) is 16.8. The van der Waals surface area contributed by atoms with Crippen LogP contribution in [-0.4, -0.2) is 33.4 Å². The summed E-state index contributed by atoms with van der Waals surface area (Å²) in [6, 6.07) is 0. The zero-order valence-corrected chi connectivity index (χ0v) is 16.8. The molecule has 0 spiro atoms. The third-order valence-electron chi connectivity index (χ3n) is 4.50. The molecular formula is C21H40O5. The number of unbranched alkanes of at least 4 members (excludes halogenated alkanes) is 11. The molecule has 0 saturated heterocycles. The Morgan fingerprint density at radius 3 is 1.81 bits per heavy atom. The molecule has 5 nitrogen and oxygen atoms in total. The van der Waals surface area contributed by atoms with Gasteiger partial charge in [-0.2, -0.15) is 0 Å². The maximum atomic E-state index is 11.5. The van der Waals surface area contributed by atoms with Gasteiger partial charge in [-0.05, 0) is 39.0 Å². The number of carbonyl (C=O) groups excluding carboxylic acids is 1. The maximum Gasteiger partial charge on any atom is 0.314 e. The molecule has 0 aromatic carbocycles. The quantitative estimate of drug-likeness (QED) is 0.150. The molecule has 3 N–H and O–H groups in total. The first-order valence-electron chi connectivity index (χ1n) is 10.4. The monoisotopic (exact) mass is 372 g/mol. The van der Waals surface area contributed by atoms with E-state index in [9.17, 15) is 4.79 Å². The molecule has 0 saturated carbocycles. The lowest BCUT2D eigenvalue weighted by molar-refractivity contribution is -0.352. The summed E-state index contributed by atoms with van der Waals surface area (Å²) in [7, 11) is 0. The minimum Gasteiger partial charge on any atom is -0.454 e. The number of hydrogen-bond acceptors (Lipinski definition) is 5. The Kier molecular flexibility index (Phi) is 15.7. The van der Waals surface area contributed by atoms with Gasteiger partial charge in [-0.25, -0.2) is 0 Å². The molecule has 0 aliphatic rings. The molecule has 0 aliphatic heterocycles. The van der Waals surface area contributed by atoms with Gasteiger partial charge >= 0.3 is 11.9 Å². The number of aliphatic hydroxyl groups is 3. The molecular weight excluding hydrogens is 332 g/mol. The standard InChI is InChI=1S/C21H40O5/c1-3-4-5-6-7-8-9-10-11-12-13-14-15-16-17-18-20(22)26-19(2)21(23,24)25/h10-11,19,23-25H,3-9,12-18H2,1-2H3/b11-10-. The number of rotatable bonds is 17. The van der Waals surface area contributed by atoms with Crippen molar-refractivity contribution in [3.8, 4) is 0 Å². The van der Waals surface area contributed by atoms with Gasteiger partial charge in [0.1, 0.15) is 0 Å². The fourth-order valence-corrected chi connectivity index (χ4v) is 2.68. The van der Waals surface area contributed by atoms with E-state index in [2.05, 4.69) is 19.1 Å². The van der Waals surface area contributed by atoms with Crippen LogP contribution in [0, 0.1) is 0 Å². The fourth-order valence-electron chi connectivity index (χ4n) is 2.68. The van der Waals surface area contributed by atoms with E-state index in [1.54, 1.807) is 0 Å². The predicted molar refractivity (Wildman–Crippen MR) is 104 cm³/mol. The molecule has 0 bridgehead atoms. The van der Waals surface area contributed by atoms with Crippen LogP contribution in [0.2, 0.25) is 0 Å². The highest BCUT2D eigenvalue weighted by molar-refractivity contribution is 5.69. The number of allylic oxidation sites excluding steroid dienone is 2. The van der Waals surface area contributed by atoms with Crippen LogP contribution in [0.15, 0.2) is 12.2 Å². The van der Waals surface area contributed by atoms with E-state index in [-0.39, 0.29) is 6.42 Å². The topological polar surface area (TPSA) is 87.0 Å². The molecule has 26 heavy (non-hydrogen) atoms. The first-order chi connectivity index (χ1) is 12.4. The molecule has 0 radical (unpaired) electrons. The van der Waals surface area contributed by atoms with Crippen molar-refractivity contribution in [1.82, 2.24) is 0 Å². The summed E-state index contributed by atoms with van der Waals surface area (Å²) in [6.07, 6.45) is 19.0. The molecule has 1 atom stereocenters. The van der Waals surface area contributed by atoms with Crippen molar-refractivity contribution in [2.75, 3.05) is 0 Å². The van der Waals surface area contributed by atoms with Gasteiger partial charge in [0, 0.05) is 6.42 Å². The van der Waals surface area contributed by atoms with E-state index in [0.29, 0.717) is 6.42 Å². The van der Waals surface area contributed by atoms with Gasteiger partial charge < -0.3 is 20.1 Å². The van der Waals surface area contributed by atoms with Crippen LogP contribution in [0.1, 0.15) is 104 Å². The van der Waals surface area contributed by atoms with Gasteiger partial charge in [0.15, 0.2) is 6.10 Å². The van der Waals surface area contributed by atoms with Crippen LogP contribution in [-0.2, 0) is 9.53 Å². The second-order valence-corrected chi connectivity index (χ2v) is 7.15. The molecule has 0 aliphatic carbocycles. The fraction of sp³-hybridized carbons (Fsp3) is 0.857. The number of esters is 1. The van der Waals surface area contributed by atoms with E-state index >= 15 is 0 Å². The Balaban J connectivity index is 3.35. The lowest BCUT2D eigenvalue weighted by Gasteiger charge is -2.22. The van der Waals surface area contributed by atoms with Crippen LogP contribution >= 0.6 is 0 Å². The van der Waals surface area contributed by atoms with Crippen LogP contribution in [0.3, 0.4) is 0 Å². The maximum absolute atomic E-state index is 11.5. The largest absolute Gasteiger partial charge is 0.454 e. The van der Waals surface area contributed by atoms with Crippen LogP contribution < -0.4 is 0 Å². The average molecular weight is 373 g/mol. The smallest absolute Gasteiger partial charge is 0.314 e. The van der Waals surface area contributed by atoms with Crippen molar-refractivity contribution in [3.63, 3.8) is 0 Å². The van der Waals surface area contributed by atoms with Gasteiger partial charge in [-0.15, -0.1) is 0 Å². The van der Waals surface area contributed by atoms with E-state index in [4.69, 9.17) is 20.1 Å². The lowest BCUT2D eigenvalue weighted by atomic mass is 10.1. The Morgan fingerprint density at radius 2 is 1.31 bits per heavy atom. The Bertz CT molecular complexity index is 360. The van der Waals surface area contributed by atoms with Crippen molar-refractivity contribution in [3.05, 3.63) is 12.2 Å². The normalized spacial score (nSPS) is 13.3. The summed E-state index contributed by atoms with van der Waals surface area (Å²) in [4.78, 5) is 11.5. The second kappa shape index (κ2) is 16.3. The summed E-state index contributed by atoms with van der Waals surface area (Å²) < 4.78 is 4.74. The number of hydrogen-bond donors (Lipinski definition) is 3. The minimum atomic E-state index is -2.97. The number of carbonyl (C=O) groups is 1. The summed E-state index contributed by atoms with van der Waals surface area (Å²) in [5.41, 5.74) is 0. The highest BCUT2D eigenvalue weighted by Crippen LogP contribution is 2.12. The molecule has 0 heterocycles. The van der Waals surface area contributed by atoms with Gasteiger partial charge in [-0.1, -0.05) is 70.4 Å². The highest BCUT2D eigenvalue weighted by Gasteiger charge is 2.31. The third kappa shape index (κ3) is 16.6. The van der Waals surface area contributed by atoms with Gasteiger partial charge in [0.05, 0.1) is 0 Å².